The molecule has 5 aliphatic rings. The van der Waals surface area contributed by atoms with Crippen molar-refractivity contribution in [3.8, 4) is 11.1 Å². The van der Waals surface area contributed by atoms with Gasteiger partial charge in [-0.05, 0) is 92.0 Å². The van der Waals surface area contributed by atoms with Gasteiger partial charge >= 0.3 is 0 Å². The normalized spacial score (nSPS) is 23.5. The van der Waals surface area contributed by atoms with Crippen molar-refractivity contribution in [3.63, 3.8) is 0 Å². The van der Waals surface area contributed by atoms with Crippen LogP contribution in [0, 0.1) is 5.92 Å². The third kappa shape index (κ3) is 4.79. The Hall–Kier alpha value is -5.21. The molecular formula is C49H44N2. The zero-order valence-electron chi connectivity index (χ0n) is 29.6. The summed E-state index contributed by atoms with van der Waals surface area (Å²) in [6.07, 6.45) is 14.2. The van der Waals surface area contributed by atoms with Crippen LogP contribution in [0.25, 0.3) is 22.4 Å². The van der Waals surface area contributed by atoms with Gasteiger partial charge in [0.2, 0.25) is 0 Å². The van der Waals surface area contributed by atoms with Gasteiger partial charge in [-0.3, -0.25) is 4.99 Å². The van der Waals surface area contributed by atoms with Gasteiger partial charge in [0.05, 0.1) is 6.04 Å². The fourth-order valence-corrected chi connectivity index (χ4v) is 10.2. The molecule has 4 aliphatic carbocycles. The predicted octanol–water partition coefficient (Wildman–Crippen LogP) is 11.7. The highest BCUT2D eigenvalue weighted by molar-refractivity contribution is 6.05. The average Bonchev–Trinajstić information content (AvgIpc) is 3.58. The summed E-state index contributed by atoms with van der Waals surface area (Å²) in [5.74, 6) is 1.82. The first-order chi connectivity index (χ1) is 25.0. The highest BCUT2D eigenvalue weighted by Gasteiger charge is 2.52. The Labute approximate surface area is 302 Å². The Morgan fingerprint density at radius 2 is 1.27 bits per heavy atom. The van der Waals surface area contributed by atoms with Gasteiger partial charge in [-0.15, -0.1) is 0 Å². The molecule has 5 aromatic rings. The molecule has 250 valence electrons. The molecule has 5 aromatic carbocycles. The van der Waals surface area contributed by atoms with Crippen molar-refractivity contribution >= 4 is 17.1 Å². The van der Waals surface area contributed by atoms with Crippen LogP contribution >= 0.6 is 0 Å². The monoisotopic (exact) mass is 660 g/mol. The molecule has 0 amide bonds. The van der Waals surface area contributed by atoms with Gasteiger partial charge in [-0.1, -0.05) is 167 Å². The fourth-order valence-electron chi connectivity index (χ4n) is 10.2. The third-order valence-electron chi connectivity index (χ3n) is 12.8. The van der Waals surface area contributed by atoms with E-state index in [-0.39, 0.29) is 16.9 Å². The standard InChI is InChI=1S/C49H44N2/c1-48(2)41-19-11-10-18-37(41)39-30-44-40(29-43(39)48)38-28-36(24-25-42(38)49(44)26-12-5-13-27-49)46-31-45(50-47(51-46)35-16-8-4-9-17-35)34-22-20-33(21-23-34)32-14-6-3-7-15-32/h3-4,6-11,14-25,28-31,39,43,46H,5,12-13,26-27H2,1-2H3,(H,50,51). The summed E-state index contributed by atoms with van der Waals surface area (Å²) in [7, 11) is 0. The first-order valence-corrected chi connectivity index (χ1v) is 19.0. The Balaban J connectivity index is 1.09. The van der Waals surface area contributed by atoms with Gasteiger partial charge < -0.3 is 5.32 Å². The Bertz CT molecular complexity index is 2280. The van der Waals surface area contributed by atoms with E-state index < -0.39 is 0 Å². The molecule has 1 heterocycles. The molecule has 3 unspecified atom stereocenters. The second kappa shape index (κ2) is 11.7. The van der Waals surface area contributed by atoms with Crippen molar-refractivity contribution in [2.75, 3.05) is 0 Å². The van der Waals surface area contributed by atoms with E-state index in [0.29, 0.717) is 11.8 Å². The number of aliphatic imine (C=N–C) groups is 1. The minimum absolute atomic E-state index is 0.0913. The minimum atomic E-state index is -0.102. The van der Waals surface area contributed by atoms with E-state index in [2.05, 4.69) is 165 Å². The van der Waals surface area contributed by atoms with Crippen molar-refractivity contribution in [2.24, 2.45) is 10.9 Å². The van der Waals surface area contributed by atoms with Gasteiger partial charge in [0.1, 0.15) is 5.84 Å². The summed E-state index contributed by atoms with van der Waals surface area (Å²) in [5.41, 5.74) is 16.5. The molecule has 1 spiro atoms. The molecule has 1 fully saturated rings. The molecule has 3 atom stereocenters. The van der Waals surface area contributed by atoms with Crippen LogP contribution in [0.5, 0.6) is 0 Å². The fraction of sp³-hybridized carbons (Fsp3) is 0.245. The topological polar surface area (TPSA) is 24.4 Å². The molecular weight excluding hydrogens is 617 g/mol. The van der Waals surface area contributed by atoms with Crippen LogP contribution in [-0.2, 0) is 10.8 Å². The van der Waals surface area contributed by atoms with E-state index in [9.17, 15) is 0 Å². The average molecular weight is 661 g/mol. The highest BCUT2D eigenvalue weighted by atomic mass is 15.0. The van der Waals surface area contributed by atoms with E-state index in [1.807, 2.05) is 0 Å². The van der Waals surface area contributed by atoms with Crippen molar-refractivity contribution in [1.29, 1.82) is 0 Å². The highest BCUT2D eigenvalue weighted by Crippen LogP contribution is 2.63. The van der Waals surface area contributed by atoms with Gasteiger partial charge in [-0.25, -0.2) is 0 Å². The number of rotatable bonds is 4. The van der Waals surface area contributed by atoms with Crippen LogP contribution in [0.1, 0.15) is 96.9 Å². The minimum Gasteiger partial charge on any atom is -0.340 e. The maximum absolute atomic E-state index is 5.40. The zero-order chi connectivity index (χ0) is 34.2. The first-order valence-electron chi connectivity index (χ1n) is 19.0. The van der Waals surface area contributed by atoms with Gasteiger partial charge in [0.15, 0.2) is 0 Å². The Kier molecular flexibility index (Phi) is 7.00. The SMILES string of the molecule is CC1(C)c2ccccc2C2C=C3C(=CC21)c1cc(C2C=C(c4ccc(-c5ccccc5)cc4)NC(c4ccccc4)=N2)ccc1C31CCCCC1. The van der Waals surface area contributed by atoms with Crippen molar-refractivity contribution in [3.05, 3.63) is 190 Å². The molecule has 10 rings (SSSR count). The smallest absolute Gasteiger partial charge is 0.133 e. The second-order valence-electron chi connectivity index (χ2n) is 15.9. The lowest BCUT2D eigenvalue weighted by Crippen LogP contribution is -2.31. The molecule has 0 aromatic heterocycles. The lowest BCUT2D eigenvalue weighted by atomic mass is 9.64. The second-order valence-corrected chi connectivity index (χ2v) is 15.9. The quantitative estimate of drug-likeness (QED) is 0.204. The van der Waals surface area contributed by atoms with E-state index in [4.69, 9.17) is 4.99 Å². The van der Waals surface area contributed by atoms with Crippen molar-refractivity contribution in [1.82, 2.24) is 5.32 Å². The van der Waals surface area contributed by atoms with Crippen LogP contribution in [0.3, 0.4) is 0 Å². The summed E-state index contributed by atoms with van der Waals surface area (Å²) in [6.45, 7) is 4.92. The van der Waals surface area contributed by atoms with E-state index in [1.165, 1.54) is 76.6 Å². The molecule has 0 radical (unpaired) electrons. The lowest BCUT2D eigenvalue weighted by molar-refractivity contribution is 0.345. The molecule has 0 bridgehead atoms. The van der Waals surface area contributed by atoms with Crippen LogP contribution in [0.15, 0.2) is 156 Å². The number of allylic oxidation sites excluding steroid dienone is 4. The number of amidine groups is 1. The summed E-state index contributed by atoms with van der Waals surface area (Å²) >= 11 is 0. The maximum Gasteiger partial charge on any atom is 0.133 e. The Morgan fingerprint density at radius 3 is 2.04 bits per heavy atom. The number of fused-ring (bicyclic) bond motifs is 8. The van der Waals surface area contributed by atoms with Gasteiger partial charge in [0, 0.05) is 22.6 Å². The third-order valence-corrected chi connectivity index (χ3v) is 12.8. The molecule has 2 heteroatoms. The molecule has 1 aliphatic heterocycles. The molecule has 51 heavy (non-hydrogen) atoms. The number of hydrogen-bond donors (Lipinski definition) is 1. The zero-order valence-corrected chi connectivity index (χ0v) is 29.6. The Morgan fingerprint density at radius 1 is 0.608 bits per heavy atom. The first kappa shape index (κ1) is 30.6. The number of nitrogens with one attached hydrogen (secondary N) is 1. The summed E-state index contributed by atoms with van der Waals surface area (Å²) < 4.78 is 0. The molecule has 2 nitrogen and oxygen atoms in total. The van der Waals surface area contributed by atoms with Crippen LogP contribution in [0.2, 0.25) is 0 Å². The number of nitrogens with zero attached hydrogens (tertiary/aromatic N) is 1. The number of hydrogen-bond acceptors (Lipinski definition) is 2. The van der Waals surface area contributed by atoms with Crippen LogP contribution < -0.4 is 5.32 Å². The predicted molar refractivity (Wildman–Crippen MR) is 212 cm³/mol. The number of benzene rings is 5. The molecule has 1 saturated carbocycles. The van der Waals surface area contributed by atoms with E-state index in [1.54, 1.807) is 11.1 Å². The summed E-state index contributed by atoms with van der Waals surface area (Å²) in [5, 5.41) is 3.72. The van der Waals surface area contributed by atoms with Crippen molar-refractivity contribution in [2.45, 2.75) is 68.7 Å². The largest absolute Gasteiger partial charge is 0.340 e. The van der Waals surface area contributed by atoms with Crippen LogP contribution in [-0.4, -0.2) is 5.84 Å². The van der Waals surface area contributed by atoms with Gasteiger partial charge in [-0.2, -0.15) is 0 Å². The van der Waals surface area contributed by atoms with Gasteiger partial charge in [0.25, 0.3) is 0 Å². The summed E-state index contributed by atoms with van der Waals surface area (Å²) in [6, 6.07) is 46.7. The maximum atomic E-state index is 5.40. The summed E-state index contributed by atoms with van der Waals surface area (Å²) in [4.78, 5) is 5.40. The molecule has 0 saturated heterocycles. The molecule has 1 N–H and O–H groups in total. The van der Waals surface area contributed by atoms with Crippen molar-refractivity contribution < 1.29 is 0 Å². The van der Waals surface area contributed by atoms with Crippen LogP contribution in [0.4, 0.5) is 0 Å². The lowest BCUT2D eigenvalue weighted by Gasteiger charge is -2.39. The van der Waals surface area contributed by atoms with E-state index in [0.717, 1.165) is 17.1 Å². The van der Waals surface area contributed by atoms with E-state index >= 15 is 0 Å².